The molecule has 12 N–H and O–H groups in total. The molecule has 0 spiro atoms. The van der Waals surface area contributed by atoms with Gasteiger partial charge in [-0.2, -0.15) is 0 Å². The minimum atomic E-state index is -1.70. The van der Waals surface area contributed by atoms with E-state index < -0.39 is 84.5 Å². The molecule has 0 aromatic heterocycles. The lowest BCUT2D eigenvalue weighted by Crippen LogP contribution is -2.55. The van der Waals surface area contributed by atoms with Crippen molar-refractivity contribution in [3.8, 4) is 0 Å². The largest absolute Gasteiger partial charge is 0.481 e. The zero-order valence-electron chi connectivity index (χ0n) is 29.4. The standard InChI is InChI=1S/C33H46N10O9S2/c34-28(48)23-18-54-53-14-11-25(44)39-20(9-4-5-12-37-33(35)36)29(49)38-17-26(45)40-21(16-27(46)47)30(50)41-22(15-19-7-2-1-3-8-19)32(52)43-13-6-10-24(43)31(51)42-23/h1-3,7-8,15,20-21,23-24H,4-6,9-14,16-18H2,(H2,34,48)(H,38,49)(H,39,44)(H,40,45)(H,41,50)(H,42,51)(H,46,47)(H4,35,36,37)/b22-15+/t20-,21-,23-,24-/m0/s1. The van der Waals surface area contributed by atoms with Crippen LogP contribution in [0.5, 0.6) is 0 Å². The predicted molar refractivity (Wildman–Crippen MR) is 202 cm³/mol. The summed E-state index contributed by atoms with van der Waals surface area (Å²) in [4.78, 5) is 109. The highest BCUT2D eigenvalue weighted by Crippen LogP contribution is 2.24. The molecule has 0 bridgehead atoms. The molecule has 1 aromatic rings. The molecule has 0 saturated carbocycles. The van der Waals surface area contributed by atoms with Crippen LogP contribution in [0.1, 0.15) is 50.5 Å². The maximum Gasteiger partial charge on any atom is 0.305 e. The molecule has 2 aliphatic heterocycles. The quantitative estimate of drug-likeness (QED) is 0.0426. The van der Waals surface area contributed by atoms with Gasteiger partial charge in [-0.3, -0.25) is 43.3 Å². The van der Waals surface area contributed by atoms with Gasteiger partial charge in [0.1, 0.15) is 29.9 Å². The zero-order chi connectivity index (χ0) is 39.6. The van der Waals surface area contributed by atoms with Crippen molar-refractivity contribution < 1.29 is 43.5 Å². The average molecular weight is 791 g/mol. The molecule has 54 heavy (non-hydrogen) atoms. The Bertz CT molecular complexity index is 1610. The first kappa shape index (κ1) is 43.1. The average Bonchev–Trinajstić information content (AvgIpc) is 3.62. The second kappa shape index (κ2) is 22.0. The third kappa shape index (κ3) is 14.6. The van der Waals surface area contributed by atoms with Crippen LogP contribution < -0.4 is 43.8 Å². The van der Waals surface area contributed by atoms with E-state index in [1.165, 1.54) is 32.6 Å². The maximum absolute atomic E-state index is 14.0. The molecule has 19 nitrogen and oxygen atoms in total. The monoisotopic (exact) mass is 790 g/mol. The normalized spacial score (nSPS) is 23.6. The summed E-state index contributed by atoms with van der Waals surface area (Å²) in [7, 11) is 2.43. The first-order valence-electron chi connectivity index (χ1n) is 17.1. The number of carboxylic acid groups (broad SMARTS) is 1. The van der Waals surface area contributed by atoms with Gasteiger partial charge >= 0.3 is 5.97 Å². The van der Waals surface area contributed by atoms with E-state index in [-0.39, 0.29) is 55.5 Å². The molecular weight excluding hydrogens is 745 g/mol. The predicted octanol–water partition coefficient (Wildman–Crippen LogP) is -2.11. The molecule has 4 atom stereocenters. The van der Waals surface area contributed by atoms with Crippen LogP contribution in [0.15, 0.2) is 41.0 Å². The van der Waals surface area contributed by atoms with Crippen molar-refractivity contribution in [2.45, 2.75) is 69.1 Å². The number of nitrogens with zero attached hydrogens (tertiary/aromatic N) is 2. The van der Waals surface area contributed by atoms with E-state index in [9.17, 15) is 43.5 Å². The number of hydrogen-bond donors (Lipinski definition) is 9. The van der Waals surface area contributed by atoms with Gasteiger partial charge in [0.05, 0.1) is 13.0 Å². The zero-order valence-corrected chi connectivity index (χ0v) is 31.0. The fraction of sp³-hybridized carbons (Fsp3) is 0.485. The third-order valence-electron chi connectivity index (χ3n) is 8.11. The summed E-state index contributed by atoms with van der Waals surface area (Å²) in [5.74, 6) is -6.60. The van der Waals surface area contributed by atoms with Gasteiger partial charge in [-0.05, 0) is 43.7 Å². The van der Waals surface area contributed by atoms with E-state index in [2.05, 4.69) is 31.6 Å². The summed E-state index contributed by atoms with van der Waals surface area (Å²) in [6.07, 6.45) is 2.17. The van der Waals surface area contributed by atoms with Gasteiger partial charge in [-0.15, -0.1) is 0 Å². The number of guanidine groups is 1. The van der Waals surface area contributed by atoms with Crippen LogP contribution in [0, 0.1) is 0 Å². The van der Waals surface area contributed by atoms with Crippen LogP contribution in [0.25, 0.3) is 6.08 Å². The van der Waals surface area contributed by atoms with Crippen molar-refractivity contribution in [1.82, 2.24) is 31.5 Å². The van der Waals surface area contributed by atoms with Crippen LogP contribution in [0.2, 0.25) is 0 Å². The van der Waals surface area contributed by atoms with E-state index in [4.69, 9.17) is 17.2 Å². The van der Waals surface area contributed by atoms with Crippen molar-refractivity contribution in [1.29, 1.82) is 0 Å². The van der Waals surface area contributed by atoms with E-state index in [0.29, 0.717) is 24.8 Å². The smallest absolute Gasteiger partial charge is 0.305 e. The Balaban J connectivity index is 1.92. The number of benzene rings is 1. The number of carbonyl (C=O) groups is 8. The second-order valence-corrected chi connectivity index (χ2v) is 14.9. The first-order valence-corrected chi connectivity index (χ1v) is 19.6. The van der Waals surface area contributed by atoms with Crippen molar-refractivity contribution in [2.24, 2.45) is 22.2 Å². The molecule has 2 fully saturated rings. The van der Waals surface area contributed by atoms with Gasteiger partial charge in [-0.25, -0.2) is 0 Å². The minimum Gasteiger partial charge on any atom is -0.481 e. The number of aliphatic imine (C=N–C) groups is 1. The number of carbonyl (C=O) groups excluding carboxylic acids is 7. The van der Waals surface area contributed by atoms with Gasteiger partial charge < -0.3 is 53.8 Å². The molecule has 2 aliphatic rings. The number of nitrogens with two attached hydrogens (primary N) is 3. The molecule has 1 aromatic carbocycles. The summed E-state index contributed by atoms with van der Waals surface area (Å²) in [6.45, 7) is -0.265. The molecule has 7 amide bonds. The highest BCUT2D eigenvalue weighted by molar-refractivity contribution is 8.76. The number of aliphatic carboxylic acids is 1. The number of primary amides is 1. The Hall–Kier alpha value is -5.31. The van der Waals surface area contributed by atoms with E-state index in [0.717, 1.165) is 0 Å². The molecule has 294 valence electrons. The summed E-state index contributed by atoms with van der Waals surface area (Å²) >= 11 is 0. The Morgan fingerprint density at radius 1 is 0.907 bits per heavy atom. The number of carboxylic acids is 1. The fourth-order valence-corrected chi connectivity index (χ4v) is 7.59. The van der Waals surface area contributed by atoms with Crippen molar-refractivity contribution >= 4 is 80.9 Å². The maximum atomic E-state index is 14.0. The van der Waals surface area contributed by atoms with Crippen molar-refractivity contribution in [2.75, 3.05) is 31.1 Å². The minimum absolute atomic E-state index is 0.0203. The highest BCUT2D eigenvalue weighted by Gasteiger charge is 2.38. The third-order valence-corrected chi connectivity index (χ3v) is 10.5. The Kier molecular flexibility index (Phi) is 17.6. The summed E-state index contributed by atoms with van der Waals surface area (Å²) in [5.41, 5.74) is 16.5. The Labute approximate surface area is 319 Å². The molecule has 2 saturated heterocycles. The fourth-order valence-electron chi connectivity index (χ4n) is 5.42. The number of nitrogens with one attached hydrogen (secondary N) is 5. The van der Waals surface area contributed by atoms with Gasteiger partial charge in [0.2, 0.25) is 35.4 Å². The van der Waals surface area contributed by atoms with E-state index in [1.807, 2.05) is 0 Å². The lowest BCUT2D eigenvalue weighted by atomic mass is 10.1. The molecule has 21 heteroatoms. The van der Waals surface area contributed by atoms with Crippen LogP contribution in [0.4, 0.5) is 0 Å². The number of hydrogen-bond acceptors (Lipinski definition) is 11. The highest BCUT2D eigenvalue weighted by atomic mass is 33.1. The molecule has 3 rings (SSSR count). The Morgan fingerprint density at radius 2 is 1.63 bits per heavy atom. The molecule has 0 aliphatic carbocycles. The van der Waals surface area contributed by atoms with Crippen molar-refractivity contribution in [3.63, 3.8) is 0 Å². The van der Waals surface area contributed by atoms with Gasteiger partial charge in [0, 0.05) is 31.0 Å². The second-order valence-electron chi connectivity index (χ2n) is 12.3. The number of amides is 7. The van der Waals surface area contributed by atoms with Gasteiger partial charge in [-0.1, -0.05) is 51.9 Å². The lowest BCUT2D eigenvalue weighted by molar-refractivity contribution is -0.141. The van der Waals surface area contributed by atoms with Crippen molar-refractivity contribution in [3.05, 3.63) is 41.6 Å². The van der Waals surface area contributed by atoms with E-state index in [1.54, 1.807) is 30.3 Å². The summed E-state index contributed by atoms with van der Waals surface area (Å²) in [6, 6.07) is 3.49. The molecule has 0 unspecified atom stereocenters. The SMILES string of the molecule is NC(=O)[C@@H]1CSSCCC(=O)N[C@@H](CCCCN=C(N)N)C(=O)NCC(=O)N[C@@H](CC(=O)O)C(=O)N/C(=C/c2ccccc2)C(=O)N2CCC[C@H]2C(=O)N1. The van der Waals surface area contributed by atoms with Gasteiger partial charge in [0.25, 0.3) is 5.91 Å². The summed E-state index contributed by atoms with van der Waals surface area (Å²) in [5, 5.41) is 21.9. The van der Waals surface area contributed by atoms with Crippen LogP contribution in [-0.4, -0.2) is 119 Å². The van der Waals surface area contributed by atoms with Gasteiger partial charge in [0.15, 0.2) is 5.96 Å². The molecule has 0 radical (unpaired) electrons. The van der Waals surface area contributed by atoms with Crippen LogP contribution in [0.3, 0.4) is 0 Å². The molecule has 2 heterocycles. The van der Waals surface area contributed by atoms with E-state index >= 15 is 0 Å². The number of fused-ring (bicyclic) bond motifs is 1. The number of rotatable bonds is 9. The molecular formula is C33H46N10O9S2. The Morgan fingerprint density at radius 3 is 2.31 bits per heavy atom. The van der Waals surface area contributed by atoms with Crippen LogP contribution in [-0.2, 0) is 38.4 Å². The number of unbranched alkanes of at least 4 members (excludes halogenated alkanes) is 1. The first-order chi connectivity index (χ1) is 25.7. The topological polar surface area (TPSA) is 311 Å². The van der Waals surface area contributed by atoms with Crippen LogP contribution >= 0.6 is 21.6 Å². The lowest BCUT2D eigenvalue weighted by Gasteiger charge is -2.27. The summed E-state index contributed by atoms with van der Waals surface area (Å²) < 4.78 is 0.